The van der Waals surface area contributed by atoms with Crippen molar-refractivity contribution < 1.29 is 5.11 Å². The number of aliphatic hydroxyl groups is 1. The van der Waals surface area contributed by atoms with E-state index in [1.165, 1.54) is 37.7 Å². The number of hydrogen-bond donors (Lipinski definition) is 1. The van der Waals surface area contributed by atoms with Crippen LogP contribution in [0.2, 0.25) is 0 Å². The van der Waals surface area contributed by atoms with Gasteiger partial charge < -0.3 is 5.11 Å². The lowest BCUT2D eigenvalue weighted by atomic mass is 9.74. The zero-order valence-electron chi connectivity index (χ0n) is 10.4. The molecule has 1 saturated carbocycles. The number of benzene rings is 1. The highest BCUT2D eigenvalue weighted by atomic mass is 16.3. The van der Waals surface area contributed by atoms with Crippen molar-refractivity contribution in [3.63, 3.8) is 0 Å². The average molecular weight is 218 g/mol. The molecular weight excluding hydrogens is 196 g/mol. The van der Waals surface area contributed by atoms with E-state index < -0.39 is 5.60 Å². The quantitative estimate of drug-likeness (QED) is 0.801. The normalized spacial score (nSPS) is 21.7. The summed E-state index contributed by atoms with van der Waals surface area (Å²) in [4.78, 5) is 0. The highest BCUT2D eigenvalue weighted by molar-refractivity contribution is 5.26. The van der Waals surface area contributed by atoms with E-state index in [1.807, 2.05) is 6.92 Å². The van der Waals surface area contributed by atoms with Gasteiger partial charge in [-0.2, -0.15) is 0 Å². The second-order valence-corrected chi connectivity index (χ2v) is 5.35. The minimum Gasteiger partial charge on any atom is -0.385 e. The Morgan fingerprint density at radius 1 is 1.06 bits per heavy atom. The van der Waals surface area contributed by atoms with E-state index in [4.69, 9.17) is 0 Å². The van der Waals surface area contributed by atoms with Crippen molar-refractivity contribution in [3.05, 3.63) is 35.4 Å². The first-order valence-electron chi connectivity index (χ1n) is 6.40. The summed E-state index contributed by atoms with van der Waals surface area (Å²) in [6, 6.07) is 8.33. The van der Waals surface area contributed by atoms with Crippen LogP contribution in [0.5, 0.6) is 0 Å². The van der Waals surface area contributed by atoms with Crippen LogP contribution < -0.4 is 0 Å². The van der Waals surface area contributed by atoms with Gasteiger partial charge >= 0.3 is 0 Å². The highest BCUT2D eigenvalue weighted by Crippen LogP contribution is 2.38. The van der Waals surface area contributed by atoms with Gasteiger partial charge in [0.05, 0.1) is 5.60 Å². The zero-order chi connectivity index (χ0) is 11.6. The van der Waals surface area contributed by atoms with Gasteiger partial charge in [0.15, 0.2) is 0 Å². The fraction of sp³-hybridized carbons (Fsp3) is 0.600. The summed E-state index contributed by atoms with van der Waals surface area (Å²) < 4.78 is 0. The van der Waals surface area contributed by atoms with E-state index in [9.17, 15) is 5.11 Å². The zero-order valence-corrected chi connectivity index (χ0v) is 10.4. The van der Waals surface area contributed by atoms with E-state index in [-0.39, 0.29) is 0 Å². The SMILES string of the molecule is Cc1ccc(C(C)(O)C2CCCCC2)cc1. The Bertz CT molecular complexity index is 331. The first kappa shape index (κ1) is 11.7. The molecule has 2 rings (SSSR count). The predicted octanol–water partition coefficient (Wildman–Crippen LogP) is 3.78. The van der Waals surface area contributed by atoms with Gasteiger partial charge in [0.25, 0.3) is 0 Å². The molecule has 0 bridgehead atoms. The molecule has 1 fully saturated rings. The van der Waals surface area contributed by atoms with Crippen LogP contribution in [-0.2, 0) is 5.60 Å². The summed E-state index contributed by atoms with van der Waals surface area (Å²) in [5.74, 6) is 0.434. The van der Waals surface area contributed by atoms with Gasteiger partial charge in [-0.15, -0.1) is 0 Å². The molecule has 1 heteroatoms. The van der Waals surface area contributed by atoms with Crippen molar-refractivity contribution >= 4 is 0 Å². The molecule has 0 amide bonds. The smallest absolute Gasteiger partial charge is 0.0896 e. The van der Waals surface area contributed by atoms with Gasteiger partial charge in [0.1, 0.15) is 0 Å². The maximum absolute atomic E-state index is 10.7. The van der Waals surface area contributed by atoms with Crippen LogP contribution >= 0.6 is 0 Å². The molecule has 1 unspecified atom stereocenters. The van der Waals surface area contributed by atoms with Gasteiger partial charge in [-0.05, 0) is 38.2 Å². The van der Waals surface area contributed by atoms with E-state index in [0.29, 0.717) is 5.92 Å². The van der Waals surface area contributed by atoms with E-state index in [2.05, 4.69) is 31.2 Å². The molecule has 1 atom stereocenters. The molecule has 1 N–H and O–H groups in total. The predicted molar refractivity (Wildman–Crippen MR) is 67.3 cm³/mol. The number of aryl methyl sites for hydroxylation is 1. The first-order valence-corrected chi connectivity index (χ1v) is 6.40. The van der Waals surface area contributed by atoms with Crippen LogP contribution in [0.15, 0.2) is 24.3 Å². The molecule has 1 aliphatic rings. The molecule has 1 aromatic rings. The van der Waals surface area contributed by atoms with Crippen molar-refractivity contribution in [2.24, 2.45) is 5.92 Å². The monoisotopic (exact) mass is 218 g/mol. The summed E-state index contributed by atoms with van der Waals surface area (Å²) in [6.45, 7) is 4.06. The van der Waals surface area contributed by atoms with E-state index >= 15 is 0 Å². The largest absolute Gasteiger partial charge is 0.385 e. The standard InChI is InChI=1S/C15H22O/c1-12-8-10-14(11-9-12)15(2,16)13-6-4-3-5-7-13/h8-11,13,16H,3-7H2,1-2H3. The minimum atomic E-state index is -0.645. The first-order chi connectivity index (χ1) is 7.60. The Hall–Kier alpha value is -0.820. The molecule has 0 radical (unpaired) electrons. The molecule has 0 heterocycles. The Kier molecular flexibility index (Phi) is 3.34. The molecule has 1 nitrogen and oxygen atoms in total. The Morgan fingerprint density at radius 3 is 2.19 bits per heavy atom. The Morgan fingerprint density at radius 2 is 1.62 bits per heavy atom. The molecule has 16 heavy (non-hydrogen) atoms. The molecule has 0 aliphatic heterocycles. The van der Waals surface area contributed by atoms with Crippen LogP contribution in [0.1, 0.15) is 50.2 Å². The molecule has 0 aromatic heterocycles. The van der Waals surface area contributed by atoms with Gasteiger partial charge in [-0.3, -0.25) is 0 Å². The third kappa shape index (κ3) is 2.30. The van der Waals surface area contributed by atoms with Crippen LogP contribution in [0, 0.1) is 12.8 Å². The number of rotatable bonds is 2. The maximum atomic E-state index is 10.7. The van der Waals surface area contributed by atoms with Crippen molar-refractivity contribution in [2.45, 2.75) is 51.6 Å². The second-order valence-electron chi connectivity index (χ2n) is 5.35. The summed E-state index contributed by atoms with van der Waals surface area (Å²) in [7, 11) is 0. The van der Waals surface area contributed by atoms with Crippen LogP contribution in [0.3, 0.4) is 0 Å². The van der Waals surface area contributed by atoms with Gasteiger partial charge in [-0.1, -0.05) is 49.1 Å². The van der Waals surface area contributed by atoms with Gasteiger partial charge in [0.2, 0.25) is 0 Å². The second kappa shape index (κ2) is 4.58. The summed E-state index contributed by atoms with van der Waals surface area (Å²) in [5.41, 5.74) is 1.68. The fourth-order valence-electron chi connectivity index (χ4n) is 2.79. The van der Waals surface area contributed by atoms with Gasteiger partial charge in [0, 0.05) is 0 Å². The number of hydrogen-bond acceptors (Lipinski definition) is 1. The van der Waals surface area contributed by atoms with Crippen molar-refractivity contribution in [3.8, 4) is 0 Å². The average Bonchev–Trinajstić information content (AvgIpc) is 2.31. The van der Waals surface area contributed by atoms with Crippen molar-refractivity contribution in [2.75, 3.05) is 0 Å². The molecule has 88 valence electrons. The Labute approximate surface area is 98.5 Å². The topological polar surface area (TPSA) is 20.2 Å². The lowest BCUT2D eigenvalue weighted by molar-refractivity contribution is -0.0215. The van der Waals surface area contributed by atoms with Crippen LogP contribution in [-0.4, -0.2) is 5.11 Å². The molecule has 0 spiro atoms. The van der Waals surface area contributed by atoms with Crippen LogP contribution in [0.4, 0.5) is 0 Å². The lowest BCUT2D eigenvalue weighted by Crippen LogP contribution is -2.33. The summed E-state index contributed by atoms with van der Waals surface area (Å²) >= 11 is 0. The minimum absolute atomic E-state index is 0.434. The third-order valence-corrected chi connectivity index (χ3v) is 4.04. The highest BCUT2D eigenvalue weighted by Gasteiger charge is 2.34. The summed E-state index contributed by atoms with van der Waals surface area (Å²) in [5, 5.41) is 10.7. The molecule has 1 aliphatic carbocycles. The van der Waals surface area contributed by atoms with E-state index in [1.54, 1.807) is 0 Å². The Balaban J connectivity index is 2.19. The lowest BCUT2D eigenvalue weighted by Gasteiger charge is -2.36. The molecule has 0 saturated heterocycles. The van der Waals surface area contributed by atoms with Crippen molar-refractivity contribution in [1.29, 1.82) is 0 Å². The summed E-state index contributed by atoms with van der Waals surface area (Å²) in [6.07, 6.45) is 6.21. The molecular formula is C15H22O. The fourth-order valence-corrected chi connectivity index (χ4v) is 2.79. The van der Waals surface area contributed by atoms with E-state index in [0.717, 1.165) is 5.56 Å². The maximum Gasteiger partial charge on any atom is 0.0896 e. The molecule has 1 aromatic carbocycles. The van der Waals surface area contributed by atoms with Gasteiger partial charge in [-0.25, -0.2) is 0 Å². The third-order valence-electron chi connectivity index (χ3n) is 4.04. The van der Waals surface area contributed by atoms with Crippen molar-refractivity contribution in [1.82, 2.24) is 0 Å². The van der Waals surface area contributed by atoms with Crippen LogP contribution in [0.25, 0.3) is 0 Å².